The van der Waals surface area contributed by atoms with Crippen molar-refractivity contribution < 1.29 is 9.47 Å². The lowest BCUT2D eigenvalue weighted by Gasteiger charge is -2.33. The van der Waals surface area contributed by atoms with Gasteiger partial charge in [0.1, 0.15) is 18.2 Å². The SMILES string of the molecule is CCCCN1COc2ccc(N3COc4ccccc4C3)cc2C1. The van der Waals surface area contributed by atoms with Gasteiger partial charge in [0.05, 0.1) is 0 Å². The highest BCUT2D eigenvalue weighted by molar-refractivity contribution is 5.55. The molecule has 0 atom stereocenters. The van der Waals surface area contributed by atoms with Crippen molar-refractivity contribution in [3.63, 3.8) is 0 Å². The van der Waals surface area contributed by atoms with Crippen LogP contribution in [0.5, 0.6) is 11.5 Å². The van der Waals surface area contributed by atoms with Gasteiger partial charge >= 0.3 is 0 Å². The second-order valence-electron chi connectivity index (χ2n) is 6.55. The Hall–Kier alpha value is -2.20. The Morgan fingerprint density at radius 2 is 1.75 bits per heavy atom. The summed E-state index contributed by atoms with van der Waals surface area (Å²) >= 11 is 0. The Kier molecular flexibility index (Phi) is 4.30. The first-order chi connectivity index (χ1) is 11.8. The molecule has 2 aromatic rings. The second kappa shape index (κ2) is 6.73. The molecule has 2 aromatic carbocycles. The molecule has 0 spiro atoms. The normalized spacial score (nSPS) is 16.8. The van der Waals surface area contributed by atoms with Gasteiger partial charge in [0.15, 0.2) is 6.73 Å². The number of anilines is 1. The predicted octanol–water partition coefficient (Wildman–Crippen LogP) is 4.00. The van der Waals surface area contributed by atoms with Gasteiger partial charge in [0.2, 0.25) is 0 Å². The van der Waals surface area contributed by atoms with Gasteiger partial charge < -0.3 is 14.4 Å². The van der Waals surface area contributed by atoms with Crippen LogP contribution in [0, 0.1) is 0 Å². The molecule has 0 unspecified atom stereocenters. The van der Waals surface area contributed by atoms with Crippen LogP contribution < -0.4 is 14.4 Å². The zero-order chi connectivity index (χ0) is 16.4. The lowest BCUT2D eigenvalue weighted by molar-refractivity contribution is 0.0941. The van der Waals surface area contributed by atoms with Crippen LogP contribution in [0.4, 0.5) is 5.69 Å². The minimum absolute atomic E-state index is 0.593. The largest absolute Gasteiger partial charge is 0.478 e. The zero-order valence-corrected chi connectivity index (χ0v) is 14.2. The summed E-state index contributed by atoms with van der Waals surface area (Å²) in [6, 6.07) is 14.8. The van der Waals surface area contributed by atoms with Crippen LogP contribution in [0.2, 0.25) is 0 Å². The summed E-state index contributed by atoms with van der Waals surface area (Å²) in [5.41, 5.74) is 3.71. The molecule has 0 aromatic heterocycles. The van der Waals surface area contributed by atoms with Crippen LogP contribution in [0.1, 0.15) is 30.9 Å². The van der Waals surface area contributed by atoms with Crippen LogP contribution in [-0.2, 0) is 13.1 Å². The van der Waals surface area contributed by atoms with Gasteiger partial charge in [0, 0.05) is 36.4 Å². The van der Waals surface area contributed by atoms with Crippen molar-refractivity contribution >= 4 is 5.69 Å². The fraction of sp³-hybridized carbons (Fsp3) is 0.400. The van der Waals surface area contributed by atoms with Crippen molar-refractivity contribution in [2.24, 2.45) is 0 Å². The topological polar surface area (TPSA) is 24.9 Å². The Morgan fingerprint density at radius 1 is 0.917 bits per heavy atom. The molecular weight excluding hydrogens is 300 g/mol. The summed E-state index contributed by atoms with van der Waals surface area (Å²) in [5, 5.41) is 0. The maximum absolute atomic E-state index is 5.91. The number of rotatable bonds is 4. The molecule has 0 amide bonds. The van der Waals surface area contributed by atoms with E-state index in [-0.39, 0.29) is 0 Å². The number of nitrogens with zero attached hydrogens (tertiary/aromatic N) is 2. The molecular formula is C20H24N2O2. The van der Waals surface area contributed by atoms with Crippen LogP contribution in [0.25, 0.3) is 0 Å². The van der Waals surface area contributed by atoms with E-state index >= 15 is 0 Å². The van der Waals surface area contributed by atoms with E-state index in [1.165, 1.54) is 29.7 Å². The molecule has 0 bridgehead atoms. The third-order valence-electron chi connectivity index (χ3n) is 4.74. The third-order valence-corrected chi connectivity index (χ3v) is 4.74. The van der Waals surface area contributed by atoms with Gasteiger partial charge in [-0.05, 0) is 30.7 Å². The lowest BCUT2D eigenvalue weighted by Crippen LogP contribution is -2.34. The summed E-state index contributed by atoms with van der Waals surface area (Å²) in [7, 11) is 0. The van der Waals surface area contributed by atoms with Crippen LogP contribution in [0.15, 0.2) is 42.5 Å². The van der Waals surface area contributed by atoms with Crippen LogP contribution in [0.3, 0.4) is 0 Å². The van der Waals surface area contributed by atoms with Crippen molar-refractivity contribution in [3.05, 3.63) is 53.6 Å². The molecule has 4 heteroatoms. The molecule has 0 fully saturated rings. The van der Waals surface area contributed by atoms with E-state index in [2.05, 4.69) is 47.1 Å². The number of fused-ring (bicyclic) bond motifs is 2. The van der Waals surface area contributed by atoms with Gasteiger partial charge in [-0.2, -0.15) is 0 Å². The number of unbranched alkanes of at least 4 members (excludes halogenated alkanes) is 1. The maximum atomic E-state index is 5.91. The summed E-state index contributed by atoms with van der Waals surface area (Å²) in [5.74, 6) is 2.02. The Morgan fingerprint density at radius 3 is 2.67 bits per heavy atom. The van der Waals surface area contributed by atoms with E-state index in [0.717, 1.165) is 31.1 Å². The van der Waals surface area contributed by atoms with Gasteiger partial charge in [0.25, 0.3) is 0 Å². The summed E-state index contributed by atoms with van der Waals surface area (Å²) in [4.78, 5) is 4.64. The minimum atomic E-state index is 0.593. The average molecular weight is 324 g/mol. The van der Waals surface area contributed by atoms with Crippen LogP contribution >= 0.6 is 0 Å². The van der Waals surface area contributed by atoms with Gasteiger partial charge in [-0.15, -0.1) is 0 Å². The lowest BCUT2D eigenvalue weighted by atomic mass is 10.1. The Bertz CT molecular complexity index is 717. The monoisotopic (exact) mass is 324 g/mol. The van der Waals surface area contributed by atoms with E-state index in [4.69, 9.17) is 9.47 Å². The van der Waals surface area contributed by atoms with Crippen molar-refractivity contribution in [1.82, 2.24) is 4.90 Å². The molecule has 4 rings (SSSR count). The standard InChI is InChI=1S/C20H24N2O2/c1-2-3-10-21-12-17-11-18(8-9-20(17)23-14-21)22-13-16-6-4-5-7-19(16)24-15-22/h4-9,11H,2-3,10,12-15H2,1H3. The number of hydrogen-bond donors (Lipinski definition) is 0. The van der Waals surface area contributed by atoms with Gasteiger partial charge in [-0.3, -0.25) is 4.90 Å². The first-order valence-corrected chi connectivity index (χ1v) is 8.77. The highest BCUT2D eigenvalue weighted by Crippen LogP contribution is 2.32. The molecule has 2 heterocycles. The highest BCUT2D eigenvalue weighted by Gasteiger charge is 2.21. The molecule has 0 N–H and O–H groups in total. The second-order valence-corrected chi connectivity index (χ2v) is 6.55. The van der Waals surface area contributed by atoms with E-state index in [0.29, 0.717) is 13.5 Å². The molecule has 0 saturated heterocycles. The molecule has 0 aliphatic carbocycles. The summed E-state index contributed by atoms with van der Waals surface area (Å²) in [6.45, 7) is 6.47. The Balaban J connectivity index is 1.52. The Labute approximate surface area is 143 Å². The van der Waals surface area contributed by atoms with E-state index in [1.54, 1.807) is 0 Å². The summed E-state index contributed by atoms with van der Waals surface area (Å²) < 4.78 is 11.8. The zero-order valence-electron chi connectivity index (χ0n) is 14.2. The number of ether oxygens (including phenoxy) is 2. The smallest absolute Gasteiger partial charge is 0.161 e. The third kappa shape index (κ3) is 3.06. The fourth-order valence-electron chi connectivity index (χ4n) is 3.34. The first-order valence-electron chi connectivity index (χ1n) is 8.77. The molecule has 126 valence electrons. The number of hydrogen-bond acceptors (Lipinski definition) is 4. The molecule has 2 aliphatic rings. The van der Waals surface area contributed by atoms with Crippen molar-refractivity contribution in [3.8, 4) is 11.5 Å². The molecule has 2 aliphatic heterocycles. The van der Waals surface area contributed by atoms with E-state index in [9.17, 15) is 0 Å². The number of para-hydroxylation sites is 1. The van der Waals surface area contributed by atoms with Gasteiger partial charge in [-0.25, -0.2) is 0 Å². The highest BCUT2D eigenvalue weighted by atomic mass is 16.5. The summed E-state index contributed by atoms with van der Waals surface area (Å²) in [6.07, 6.45) is 2.43. The molecule has 0 radical (unpaired) electrons. The van der Waals surface area contributed by atoms with Crippen LogP contribution in [-0.4, -0.2) is 24.9 Å². The first kappa shape index (κ1) is 15.3. The molecule has 24 heavy (non-hydrogen) atoms. The maximum Gasteiger partial charge on any atom is 0.161 e. The van der Waals surface area contributed by atoms with E-state index < -0.39 is 0 Å². The quantitative estimate of drug-likeness (QED) is 0.849. The minimum Gasteiger partial charge on any atom is -0.478 e. The van der Waals surface area contributed by atoms with Crippen molar-refractivity contribution in [1.29, 1.82) is 0 Å². The molecule has 4 nitrogen and oxygen atoms in total. The van der Waals surface area contributed by atoms with Crippen molar-refractivity contribution in [2.45, 2.75) is 32.9 Å². The van der Waals surface area contributed by atoms with Gasteiger partial charge in [-0.1, -0.05) is 31.5 Å². The average Bonchev–Trinajstić information content (AvgIpc) is 2.65. The molecule has 0 saturated carbocycles. The predicted molar refractivity (Wildman–Crippen MR) is 95.4 cm³/mol. The fourth-order valence-corrected chi connectivity index (χ4v) is 3.34. The number of benzene rings is 2. The van der Waals surface area contributed by atoms with Crippen molar-refractivity contribution in [2.75, 3.05) is 24.9 Å². The van der Waals surface area contributed by atoms with E-state index in [1.807, 2.05) is 12.1 Å².